The van der Waals surface area contributed by atoms with Gasteiger partial charge in [0.1, 0.15) is 6.67 Å². The van der Waals surface area contributed by atoms with Gasteiger partial charge in [-0.1, -0.05) is 0 Å². The Hall–Kier alpha value is -0.550. The summed E-state index contributed by atoms with van der Waals surface area (Å²) in [6.07, 6.45) is 3.09. The molecule has 1 aliphatic heterocycles. The minimum Gasteiger partial charge on any atom is -0.360 e. The van der Waals surface area contributed by atoms with E-state index < -0.39 is 7.82 Å². The van der Waals surface area contributed by atoms with E-state index in [4.69, 9.17) is 9.79 Å². The molecule has 0 spiro atoms. The normalized spacial score (nSPS) is 18.1. The third-order valence-electron chi connectivity index (χ3n) is 1.06. The molecular formula is C4H9N2O4P. The van der Waals surface area contributed by atoms with Crippen molar-refractivity contribution in [3.63, 3.8) is 0 Å². The third-order valence-corrected chi connectivity index (χ3v) is 1.48. The number of nitrogens with zero attached hydrogens (tertiary/aromatic N) is 2. The lowest BCUT2D eigenvalue weighted by Crippen LogP contribution is -2.21. The summed E-state index contributed by atoms with van der Waals surface area (Å²) < 4.78 is 14.5. The van der Waals surface area contributed by atoms with E-state index in [1.165, 1.54) is 6.20 Å². The molecule has 0 bridgehead atoms. The van der Waals surface area contributed by atoms with Crippen LogP contribution in [0.2, 0.25) is 0 Å². The topological polar surface area (TPSA) is 73.2 Å². The van der Waals surface area contributed by atoms with E-state index in [0.29, 0.717) is 6.67 Å². The highest BCUT2D eigenvalue weighted by Gasteiger charge is 2.21. The van der Waals surface area contributed by atoms with Gasteiger partial charge in [-0.25, -0.2) is 9.63 Å². The van der Waals surface area contributed by atoms with Gasteiger partial charge < -0.3 is 14.7 Å². The van der Waals surface area contributed by atoms with E-state index in [1.807, 2.05) is 0 Å². The van der Waals surface area contributed by atoms with Gasteiger partial charge in [0.25, 0.3) is 0 Å². The van der Waals surface area contributed by atoms with Crippen molar-refractivity contribution < 1.29 is 19.0 Å². The molecule has 0 aromatic carbocycles. The van der Waals surface area contributed by atoms with Crippen molar-refractivity contribution in [2.24, 2.45) is 0 Å². The average molecular weight is 180 g/mol. The van der Waals surface area contributed by atoms with Crippen LogP contribution in [0.25, 0.3) is 0 Å². The molecule has 1 rings (SSSR count). The molecule has 11 heavy (non-hydrogen) atoms. The van der Waals surface area contributed by atoms with Gasteiger partial charge in [0.15, 0.2) is 0 Å². The van der Waals surface area contributed by atoms with Crippen molar-refractivity contribution in [2.75, 3.05) is 13.7 Å². The first-order valence-electron chi connectivity index (χ1n) is 2.88. The number of hydrogen-bond acceptors (Lipinski definition) is 4. The van der Waals surface area contributed by atoms with Gasteiger partial charge in [-0.15, -0.1) is 0 Å². The molecule has 6 nitrogen and oxygen atoms in total. The molecule has 1 aliphatic rings. The van der Waals surface area contributed by atoms with Crippen LogP contribution < -0.4 is 0 Å². The first kappa shape index (κ1) is 8.55. The van der Waals surface area contributed by atoms with E-state index in [0.717, 1.165) is 5.06 Å². The molecule has 0 amide bonds. The Kier molecular flexibility index (Phi) is 2.20. The molecule has 2 N–H and O–H groups in total. The minimum absolute atomic E-state index is 0.325. The Balaban J connectivity index is 2.42. The molecule has 1 heterocycles. The van der Waals surface area contributed by atoms with Gasteiger partial charge in [-0.2, -0.15) is 4.62 Å². The summed E-state index contributed by atoms with van der Waals surface area (Å²) in [6.45, 7) is 0.325. The van der Waals surface area contributed by atoms with Crippen LogP contribution in [0.15, 0.2) is 12.4 Å². The maximum Gasteiger partial charge on any atom is 0.491 e. The second-order valence-electron chi connectivity index (χ2n) is 2.19. The Bertz CT molecular complexity index is 212. The predicted octanol–water partition coefficient (Wildman–Crippen LogP) is -0.313. The number of phosphoric acid groups is 1. The first-order valence-corrected chi connectivity index (χ1v) is 4.41. The largest absolute Gasteiger partial charge is 0.491 e. The molecule has 0 fully saturated rings. The van der Waals surface area contributed by atoms with Crippen molar-refractivity contribution in [3.05, 3.63) is 12.4 Å². The lowest BCUT2D eigenvalue weighted by molar-refractivity contribution is -0.0457. The fourth-order valence-corrected chi connectivity index (χ4v) is 1.07. The molecule has 0 saturated carbocycles. The van der Waals surface area contributed by atoms with Gasteiger partial charge in [0, 0.05) is 19.4 Å². The van der Waals surface area contributed by atoms with Crippen LogP contribution in [-0.4, -0.2) is 33.5 Å². The number of hydroxylamine groups is 2. The highest BCUT2D eigenvalue weighted by molar-refractivity contribution is 7.46. The summed E-state index contributed by atoms with van der Waals surface area (Å²) >= 11 is 0. The maximum absolute atomic E-state index is 10.3. The van der Waals surface area contributed by atoms with Crippen LogP contribution in [0.1, 0.15) is 0 Å². The zero-order valence-corrected chi connectivity index (χ0v) is 6.81. The Morgan fingerprint density at radius 2 is 2.18 bits per heavy atom. The first-order chi connectivity index (χ1) is 4.97. The zero-order valence-electron chi connectivity index (χ0n) is 5.91. The van der Waals surface area contributed by atoms with Crippen LogP contribution in [0.3, 0.4) is 0 Å². The molecule has 0 aliphatic carbocycles. The van der Waals surface area contributed by atoms with E-state index in [2.05, 4.69) is 4.62 Å². The standard InChI is InChI=1S/C4H9N2O4P/c1-5-2-3-6(4-5)10-11(7,8)9/h2-3H,4H2,1H3,(H2,7,8,9). The van der Waals surface area contributed by atoms with E-state index in [1.54, 1.807) is 18.1 Å². The molecule has 0 aromatic rings. The lowest BCUT2D eigenvalue weighted by atomic mass is 10.9. The maximum atomic E-state index is 10.3. The molecule has 0 aromatic heterocycles. The van der Waals surface area contributed by atoms with Gasteiger partial charge in [-0.3, -0.25) is 0 Å². The van der Waals surface area contributed by atoms with Crippen molar-refractivity contribution in [3.8, 4) is 0 Å². The van der Waals surface area contributed by atoms with Crippen LogP contribution >= 0.6 is 7.82 Å². The van der Waals surface area contributed by atoms with Crippen LogP contribution in [0.5, 0.6) is 0 Å². The van der Waals surface area contributed by atoms with Gasteiger partial charge in [0.2, 0.25) is 0 Å². The number of hydrogen-bond donors (Lipinski definition) is 2. The molecule has 64 valence electrons. The fraction of sp³-hybridized carbons (Fsp3) is 0.500. The fourth-order valence-electron chi connectivity index (χ4n) is 0.692. The highest BCUT2D eigenvalue weighted by Crippen LogP contribution is 2.37. The summed E-state index contributed by atoms with van der Waals surface area (Å²) in [5.41, 5.74) is 0. The van der Waals surface area contributed by atoms with E-state index in [-0.39, 0.29) is 0 Å². The Morgan fingerprint density at radius 1 is 1.55 bits per heavy atom. The summed E-state index contributed by atoms with van der Waals surface area (Å²) in [5.74, 6) is 0. The number of rotatable bonds is 2. The zero-order chi connectivity index (χ0) is 8.48. The van der Waals surface area contributed by atoms with E-state index >= 15 is 0 Å². The molecule has 0 saturated heterocycles. The molecule has 0 atom stereocenters. The summed E-state index contributed by atoms with van der Waals surface area (Å²) in [7, 11) is -2.63. The monoisotopic (exact) mass is 180 g/mol. The Morgan fingerprint density at radius 3 is 2.55 bits per heavy atom. The molecule has 7 heteroatoms. The third kappa shape index (κ3) is 2.90. The van der Waals surface area contributed by atoms with Crippen molar-refractivity contribution in [1.82, 2.24) is 9.96 Å². The molecule has 0 radical (unpaired) electrons. The van der Waals surface area contributed by atoms with Crippen molar-refractivity contribution in [1.29, 1.82) is 0 Å². The Labute approximate surface area is 63.9 Å². The van der Waals surface area contributed by atoms with Crippen LogP contribution in [-0.2, 0) is 9.19 Å². The van der Waals surface area contributed by atoms with Gasteiger partial charge >= 0.3 is 7.82 Å². The average Bonchev–Trinajstić information content (AvgIpc) is 2.10. The van der Waals surface area contributed by atoms with Crippen molar-refractivity contribution >= 4 is 7.82 Å². The highest BCUT2D eigenvalue weighted by atomic mass is 31.2. The minimum atomic E-state index is -4.39. The predicted molar refractivity (Wildman–Crippen MR) is 36.7 cm³/mol. The summed E-state index contributed by atoms with van der Waals surface area (Å²) in [4.78, 5) is 18.4. The van der Waals surface area contributed by atoms with Crippen LogP contribution in [0.4, 0.5) is 0 Å². The smallest absolute Gasteiger partial charge is 0.360 e. The van der Waals surface area contributed by atoms with Gasteiger partial charge in [0.05, 0.1) is 0 Å². The summed E-state index contributed by atoms with van der Waals surface area (Å²) in [6, 6.07) is 0. The van der Waals surface area contributed by atoms with Crippen molar-refractivity contribution in [2.45, 2.75) is 0 Å². The second-order valence-corrected chi connectivity index (χ2v) is 3.33. The SMILES string of the molecule is CN1C=CN(OP(=O)(O)O)C1. The second kappa shape index (κ2) is 2.83. The quantitative estimate of drug-likeness (QED) is 0.567. The molecular weight excluding hydrogens is 171 g/mol. The summed E-state index contributed by atoms with van der Waals surface area (Å²) in [5, 5.41) is 1.07. The van der Waals surface area contributed by atoms with Gasteiger partial charge in [-0.05, 0) is 0 Å². The lowest BCUT2D eigenvalue weighted by Gasteiger charge is -2.16. The van der Waals surface area contributed by atoms with Crippen LogP contribution in [0, 0.1) is 0 Å². The molecule has 0 unspecified atom stereocenters. The van der Waals surface area contributed by atoms with E-state index in [9.17, 15) is 4.57 Å².